The molecule has 0 radical (unpaired) electrons. The molecule has 1 amide bonds. The monoisotopic (exact) mass is 476 g/mol. The highest BCUT2D eigenvalue weighted by atomic mass is 79.9. The average Bonchev–Trinajstić information content (AvgIpc) is 3.08. The number of aliphatic hydroxyl groups is 1. The molecule has 0 saturated heterocycles. The van der Waals surface area contributed by atoms with Crippen molar-refractivity contribution in [3.8, 4) is 5.75 Å². The lowest BCUT2D eigenvalue weighted by Crippen LogP contribution is -2.52. The number of amides is 1. The molecule has 2 N–H and O–H groups in total. The summed E-state index contributed by atoms with van der Waals surface area (Å²) < 4.78 is 12.5. The van der Waals surface area contributed by atoms with Gasteiger partial charge in [0.25, 0.3) is 5.91 Å². The second-order valence-electron chi connectivity index (χ2n) is 6.95. The van der Waals surface area contributed by atoms with E-state index >= 15 is 0 Å². The van der Waals surface area contributed by atoms with Crippen LogP contribution in [0.25, 0.3) is 0 Å². The highest BCUT2D eigenvalue weighted by Crippen LogP contribution is 2.34. The van der Waals surface area contributed by atoms with Gasteiger partial charge >= 0.3 is 0 Å². The minimum atomic E-state index is -1.18. The Morgan fingerprint density at radius 3 is 2.67 bits per heavy atom. The third-order valence-electron chi connectivity index (χ3n) is 4.94. The lowest BCUT2D eigenvalue weighted by atomic mass is 9.86. The molecule has 0 aromatic heterocycles. The zero-order chi connectivity index (χ0) is 21.6. The van der Waals surface area contributed by atoms with E-state index in [1.165, 1.54) is 7.11 Å². The summed E-state index contributed by atoms with van der Waals surface area (Å²) in [5, 5.41) is 8.85. The van der Waals surface area contributed by atoms with E-state index in [0.717, 1.165) is 15.6 Å². The summed E-state index contributed by atoms with van der Waals surface area (Å²) in [4.78, 5) is 22.6. The standard InChI is InChI=1S/C22H25BrN2O5/c1-15-22(21(27)25-28-2,14-17-6-3-4-7-19(17)23)24-20(30-15)16-8-10-18(11-9-16)29-13-5-12-26/h3-4,6-11,15,26H,5,12-14H2,1-2H3,(H,25,27)/t15-,22-/m0/s1. The molecule has 2 aromatic carbocycles. The van der Waals surface area contributed by atoms with Crippen LogP contribution in [-0.2, 0) is 20.8 Å². The Morgan fingerprint density at radius 2 is 2.00 bits per heavy atom. The first-order valence-electron chi connectivity index (χ1n) is 9.67. The van der Waals surface area contributed by atoms with Crippen molar-refractivity contribution in [2.75, 3.05) is 20.3 Å². The number of benzene rings is 2. The van der Waals surface area contributed by atoms with Crippen LogP contribution in [0.15, 0.2) is 58.0 Å². The van der Waals surface area contributed by atoms with Crippen molar-refractivity contribution in [2.45, 2.75) is 31.4 Å². The maximum Gasteiger partial charge on any atom is 0.275 e. The predicted octanol–water partition coefficient (Wildman–Crippen LogP) is 3.03. The van der Waals surface area contributed by atoms with Crippen molar-refractivity contribution in [2.24, 2.45) is 4.99 Å². The van der Waals surface area contributed by atoms with E-state index in [4.69, 9.17) is 24.4 Å². The number of ether oxygens (including phenoxy) is 2. The van der Waals surface area contributed by atoms with Gasteiger partial charge < -0.3 is 14.6 Å². The van der Waals surface area contributed by atoms with Crippen LogP contribution >= 0.6 is 15.9 Å². The van der Waals surface area contributed by atoms with Gasteiger partial charge in [0, 0.05) is 29.5 Å². The van der Waals surface area contributed by atoms with E-state index in [1.54, 1.807) is 0 Å². The number of hydrogen-bond acceptors (Lipinski definition) is 6. The molecule has 0 unspecified atom stereocenters. The van der Waals surface area contributed by atoms with Crippen LogP contribution in [0.5, 0.6) is 5.75 Å². The van der Waals surface area contributed by atoms with Crippen LogP contribution < -0.4 is 10.2 Å². The molecule has 0 bridgehead atoms. The molecule has 7 nitrogen and oxygen atoms in total. The number of carbonyl (C=O) groups is 1. The van der Waals surface area contributed by atoms with Gasteiger partial charge in [-0.3, -0.25) is 9.63 Å². The van der Waals surface area contributed by atoms with Crippen molar-refractivity contribution in [1.82, 2.24) is 5.48 Å². The number of aliphatic imine (C=N–C) groups is 1. The summed E-state index contributed by atoms with van der Waals surface area (Å²) in [6.45, 7) is 2.36. The number of nitrogens with zero attached hydrogens (tertiary/aromatic N) is 1. The molecule has 1 aliphatic rings. The van der Waals surface area contributed by atoms with Crippen LogP contribution in [0.1, 0.15) is 24.5 Å². The highest BCUT2D eigenvalue weighted by Gasteiger charge is 2.50. The quantitative estimate of drug-likeness (QED) is 0.428. The summed E-state index contributed by atoms with van der Waals surface area (Å²) in [6.07, 6.45) is 0.410. The molecule has 8 heteroatoms. The molecule has 1 aliphatic heterocycles. The Morgan fingerprint density at radius 1 is 1.27 bits per heavy atom. The SMILES string of the molecule is CONC(=O)[C@@]1(Cc2ccccc2Br)N=C(c2ccc(OCCCO)cc2)O[C@H]1C. The van der Waals surface area contributed by atoms with Gasteiger partial charge in [-0.25, -0.2) is 10.5 Å². The molecular formula is C22H25BrN2O5. The minimum Gasteiger partial charge on any atom is -0.494 e. The van der Waals surface area contributed by atoms with Gasteiger partial charge in [-0.15, -0.1) is 0 Å². The third kappa shape index (κ3) is 4.83. The maximum absolute atomic E-state index is 13.0. The van der Waals surface area contributed by atoms with Crippen LogP contribution in [-0.4, -0.2) is 48.9 Å². The summed E-state index contributed by atoms with van der Waals surface area (Å²) in [6, 6.07) is 15.0. The number of halogens is 1. The highest BCUT2D eigenvalue weighted by molar-refractivity contribution is 9.10. The summed E-state index contributed by atoms with van der Waals surface area (Å²) in [5.41, 5.74) is 2.94. The van der Waals surface area contributed by atoms with Gasteiger partial charge in [0.2, 0.25) is 5.90 Å². The van der Waals surface area contributed by atoms with Gasteiger partial charge in [0.05, 0.1) is 13.7 Å². The van der Waals surface area contributed by atoms with Crippen LogP contribution in [0.2, 0.25) is 0 Å². The Balaban J connectivity index is 1.90. The fourth-order valence-corrected chi connectivity index (χ4v) is 3.68. The Kier molecular flexibility index (Phi) is 7.47. The molecule has 2 atom stereocenters. The first-order chi connectivity index (χ1) is 14.5. The first kappa shape index (κ1) is 22.3. The largest absolute Gasteiger partial charge is 0.494 e. The van der Waals surface area contributed by atoms with Crippen molar-refractivity contribution < 1.29 is 24.2 Å². The zero-order valence-corrected chi connectivity index (χ0v) is 18.5. The van der Waals surface area contributed by atoms with Crippen molar-refractivity contribution in [1.29, 1.82) is 0 Å². The normalized spacial score (nSPS) is 20.4. The second-order valence-corrected chi connectivity index (χ2v) is 7.81. The van der Waals surface area contributed by atoms with Crippen LogP contribution in [0, 0.1) is 0 Å². The second kappa shape index (κ2) is 10.1. The van der Waals surface area contributed by atoms with Gasteiger partial charge in [0.15, 0.2) is 5.54 Å². The molecular weight excluding hydrogens is 452 g/mol. The number of aliphatic hydroxyl groups excluding tert-OH is 1. The average molecular weight is 477 g/mol. The van der Waals surface area contributed by atoms with E-state index in [9.17, 15) is 4.79 Å². The van der Waals surface area contributed by atoms with E-state index < -0.39 is 11.6 Å². The predicted molar refractivity (Wildman–Crippen MR) is 116 cm³/mol. The van der Waals surface area contributed by atoms with Crippen LogP contribution in [0.4, 0.5) is 0 Å². The first-order valence-corrected chi connectivity index (χ1v) is 10.5. The molecule has 0 saturated carbocycles. The fourth-order valence-electron chi connectivity index (χ4n) is 3.26. The number of rotatable bonds is 9. The number of hydrogen-bond donors (Lipinski definition) is 2. The topological polar surface area (TPSA) is 89.4 Å². The van der Waals surface area contributed by atoms with Crippen molar-refractivity contribution >= 4 is 27.7 Å². The third-order valence-corrected chi connectivity index (χ3v) is 5.71. The molecule has 0 aliphatic carbocycles. The lowest BCUT2D eigenvalue weighted by molar-refractivity contribution is -0.139. The Labute approximate surface area is 184 Å². The number of nitrogens with one attached hydrogen (secondary N) is 1. The lowest BCUT2D eigenvalue weighted by Gasteiger charge is -2.27. The molecule has 160 valence electrons. The maximum atomic E-state index is 13.0. The van der Waals surface area contributed by atoms with Gasteiger partial charge in [-0.2, -0.15) is 0 Å². The summed E-state index contributed by atoms with van der Waals surface area (Å²) >= 11 is 3.55. The van der Waals surface area contributed by atoms with Gasteiger partial charge in [-0.1, -0.05) is 34.1 Å². The summed E-state index contributed by atoms with van der Waals surface area (Å²) in [5.74, 6) is 0.713. The number of hydroxylamine groups is 1. The van der Waals surface area contributed by atoms with E-state index in [-0.39, 0.29) is 12.5 Å². The van der Waals surface area contributed by atoms with Crippen molar-refractivity contribution in [3.05, 3.63) is 64.1 Å². The van der Waals surface area contributed by atoms with Gasteiger partial charge in [0.1, 0.15) is 11.9 Å². The van der Waals surface area contributed by atoms with E-state index in [2.05, 4.69) is 21.4 Å². The molecule has 1 heterocycles. The zero-order valence-electron chi connectivity index (χ0n) is 16.9. The van der Waals surface area contributed by atoms with E-state index in [1.807, 2.05) is 55.5 Å². The summed E-state index contributed by atoms with van der Waals surface area (Å²) in [7, 11) is 1.39. The molecule has 3 rings (SSSR count). The van der Waals surface area contributed by atoms with Crippen molar-refractivity contribution in [3.63, 3.8) is 0 Å². The minimum absolute atomic E-state index is 0.0871. The van der Waals surface area contributed by atoms with Crippen LogP contribution in [0.3, 0.4) is 0 Å². The van der Waals surface area contributed by atoms with E-state index in [0.29, 0.717) is 31.1 Å². The molecule has 2 aromatic rings. The number of carbonyl (C=O) groups excluding carboxylic acids is 1. The molecule has 30 heavy (non-hydrogen) atoms. The molecule has 0 fully saturated rings. The Hall–Kier alpha value is -2.42. The fraction of sp³-hybridized carbons (Fsp3) is 0.364. The smallest absolute Gasteiger partial charge is 0.275 e. The Bertz CT molecular complexity index is 903. The van der Waals surface area contributed by atoms with Gasteiger partial charge in [-0.05, 0) is 42.8 Å². The molecule has 0 spiro atoms.